The first kappa shape index (κ1) is 13.2. The van der Waals surface area contributed by atoms with Crippen LogP contribution >= 0.6 is 24.6 Å². The molecule has 0 spiro atoms. The van der Waals surface area contributed by atoms with Gasteiger partial charge >= 0.3 is 0 Å². The lowest BCUT2D eigenvalue weighted by atomic mass is 9.92. The van der Waals surface area contributed by atoms with Gasteiger partial charge in [-0.15, -0.1) is 11.8 Å². The van der Waals surface area contributed by atoms with Crippen molar-refractivity contribution in [1.29, 1.82) is 5.26 Å². The Balaban J connectivity index is 2.37. The number of thioether (sulfide) groups is 1. The maximum Gasteiger partial charge on any atom is 0.207 e. The van der Waals surface area contributed by atoms with Crippen LogP contribution in [-0.4, -0.2) is 22.4 Å². The van der Waals surface area contributed by atoms with Crippen LogP contribution in [0.5, 0.6) is 0 Å². The molecule has 2 aliphatic rings. The molecule has 1 aliphatic heterocycles. The van der Waals surface area contributed by atoms with Crippen molar-refractivity contribution in [1.82, 2.24) is 0 Å². The van der Waals surface area contributed by atoms with Gasteiger partial charge in [0.1, 0.15) is 6.07 Å². The molecular formula is C12H12N2O2S2. The van der Waals surface area contributed by atoms with E-state index in [0.29, 0.717) is 5.25 Å². The molecule has 94 valence electrons. The van der Waals surface area contributed by atoms with Crippen LogP contribution in [0.3, 0.4) is 0 Å². The number of fused-ring (bicyclic) bond motifs is 1. The van der Waals surface area contributed by atoms with E-state index in [2.05, 4.69) is 17.2 Å². The summed E-state index contributed by atoms with van der Waals surface area (Å²) in [4.78, 5) is 13.5. The number of Topliss-reactive ketones (excluding diaryl/α,β-unsaturated/α-hetero) is 1. The van der Waals surface area contributed by atoms with Crippen LogP contribution < -0.4 is 0 Å². The lowest BCUT2D eigenvalue weighted by molar-refractivity contribution is -0.112. The highest BCUT2D eigenvalue weighted by atomic mass is 32.2. The molecule has 0 amide bonds. The van der Waals surface area contributed by atoms with Crippen LogP contribution in [-0.2, 0) is 4.79 Å². The van der Waals surface area contributed by atoms with Gasteiger partial charge in [0.2, 0.25) is 5.76 Å². The molecule has 1 aliphatic carbocycles. The molecule has 0 aromatic rings. The van der Waals surface area contributed by atoms with Crippen molar-refractivity contribution in [2.24, 2.45) is 10.3 Å². The summed E-state index contributed by atoms with van der Waals surface area (Å²) in [5.41, 5.74) is 0.680. The van der Waals surface area contributed by atoms with Gasteiger partial charge < -0.3 is 5.11 Å². The van der Waals surface area contributed by atoms with E-state index in [9.17, 15) is 9.90 Å². The van der Waals surface area contributed by atoms with E-state index < -0.39 is 5.76 Å². The minimum atomic E-state index is -0.602. The van der Waals surface area contributed by atoms with Crippen molar-refractivity contribution in [3.63, 3.8) is 0 Å². The normalized spacial score (nSPS) is 26.9. The van der Waals surface area contributed by atoms with Gasteiger partial charge in [-0.1, -0.05) is 6.92 Å². The molecule has 0 saturated carbocycles. The van der Waals surface area contributed by atoms with Crippen LogP contribution in [0.1, 0.15) is 19.8 Å². The average Bonchev–Trinajstić information content (AvgIpc) is 3.05. The Kier molecular flexibility index (Phi) is 3.83. The molecule has 4 nitrogen and oxygen atoms in total. The van der Waals surface area contributed by atoms with Crippen LogP contribution in [0.4, 0.5) is 0 Å². The van der Waals surface area contributed by atoms with E-state index in [1.54, 1.807) is 17.8 Å². The topological polar surface area (TPSA) is 73.4 Å². The van der Waals surface area contributed by atoms with Crippen molar-refractivity contribution in [3.8, 4) is 6.07 Å². The second kappa shape index (κ2) is 5.21. The summed E-state index contributed by atoms with van der Waals surface area (Å²) < 4.78 is 3.44. The molecule has 0 aromatic carbocycles. The van der Waals surface area contributed by atoms with Crippen molar-refractivity contribution in [3.05, 3.63) is 21.8 Å². The maximum atomic E-state index is 12.4. The fraction of sp³-hybridized carbons (Fsp3) is 0.417. The summed E-state index contributed by atoms with van der Waals surface area (Å²) in [6, 6.07) is 1.58. The standard InChI is InChI=1S/C12H12N2O2S2/c1-2-6-3-9-12(18-9)10(6)11(16)7(5-14-17)8(15)4-13/h5-6,9,15,17H,2-3H2,1H3. The van der Waals surface area contributed by atoms with Gasteiger partial charge in [0, 0.05) is 15.7 Å². The molecule has 2 rings (SSSR count). The lowest BCUT2D eigenvalue weighted by Gasteiger charge is -2.13. The predicted octanol–water partition coefficient (Wildman–Crippen LogP) is 2.61. The molecule has 1 fully saturated rings. The second-order valence-corrected chi connectivity index (χ2v) is 5.65. The number of nitrogens with zero attached hydrogens (tertiary/aromatic N) is 2. The molecule has 2 atom stereocenters. The smallest absolute Gasteiger partial charge is 0.207 e. The summed E-state index contributed by atoms with van der Waals surface area (Å²) in [6.45, 7) is 2.04. The molecule has 1 N–H and O–H groups in total. The van der Waals surface area contributed by atoms with Crippen molar-refractivity contribution < 1.29 is 9.90 Å². The highest BCUT2D eigenvalue weighted by molar-refractivity contribution is 8.12. The first-order valence-corrected chi connectivity index (χ1v) is 6.88. The van der Waals surface area contributed by atoms with E-state index in [4.69, 9.17) is 5.26 Å². The summed E-state index contributed by atoms with van der Waals surface area (Å²) in [6.07, 6.45) is 3.00. The van der Waals surface area contributed by atoms with Gasteiger partial charge in [0.25, 0.3) is 0 Å². The number of rotatable bonds is 4. The maximum absolute atomic E-state index is 12.4. The number of nitriles is 1. The number of allylic oxidation sites excluding steroid dienone is 3. The first-order chi connectivity index (χ1) is 8.63. The Morgan fingerprint density at radius 2 is 2.50 bits per heavy atom. The fourth-order valence-corrected chi connectivity index (χ4v) is 3.54. The third-order valence-electron chi connectivity index (χ3n) is 3.21. The molecule has 0 radical (unpaired) electrons. The molecular weight excluding hydrogens is 268 g/mol. The van der Waals surface area contributed by atoms with Gasteiger partial charge in [-0.2, -0.15) is 5.26 Å². The second-order valence-electron chi connectivity index (χ2n) is 4.17. The monoisotopic (exact) mass is 280 g/mol. The fourth-order valence-electron chi connectivity index (χ4n) is 2.25. The Hall–Kier alpha value is -1.19. The van der Waals surface area contributed by atoms with E-state index in [-0.39, 0.29) is 17.3 Å². The van der Waals surface area contributed by atoms with Crippen LogP contribution in [0.15, 0.2) is 26.2 Å². The van der Waals surface area contributed by atoms with E-state index in [0.717, 1.165) is 29.5 Å². The Morgan fingerprint density at radius 3 is 3.06 bits per heavy atom. The number of carbonyl (C=O) groups is 1. The van der Waals surface area contributed by atoms with Gasteiger partial charge in [-0.05, 0) is 31.6 Å². The van der Waals surface area contributed by atoms with Gasteiger partial charge in [-0.3, -0.25) is 4.79 Å². The van der Waals surface area contributed by atoms with Crippen LogP contribution in [0, 0.1) is 17.2 Å². The quantitative estimate of drug-likeness (QED) is 0.158. The first-order valence-electron chi connectivity index (χ1n) is 5.60. The highest BCUT2D eigenvalue weighted by Crippen LogP contribution is 2.60. The molecule has 0 aromatic heterocycles. The van der Waals surface area contributed by atoms with Gasteiger partial charge in [-0.25, -0.2) is 4.40 Å². The molecule has 1 heterocycles. The van der Waals surface area contributed by atoms with Gasteiger partial charge in [0.15, 0.2) is 5.78 Å². The number of aliphatic hydroxyl groups is 1. The zero-order valence-corrected chi connectivity index (χ0v) is 11.5. The number of ketones is 1. The number of aliphatic hydroxyl groups excluding tert-OH is 1. The van der Waals surface area contributed by atoms with Crippen molar-refractivity contribution >= 4 is 36.6 Å². The molecule has 0 bridgehead atoms. The summed E-state index contributed by atoms with van der Waals surface area (Å²) in [5.74, 6) is -0.662. The highest BCUT2D eigenvalue weighted by Gasteiger charge is 2.47. The average molecular weight is 280 g/mol. The predicted molar refractivity (Wildman–Crippen MR) is 74.6 cm³/mol. The molecule has 18 heavy (non-hydrogen) atoms. The number of hydrogen-bond donors (Lipinski definition) is 2. The summed E-state index contributed by atoms with van der Waals surface area (Å²) >= 11 is 5.35. The number of carbonyl (C=O) groups excluding carboxylic acids is 1. The third-order valence-corrected chi connectivity index (χ3v) is 4.54. The molecule has 2 unspecified atom stereocenters. The molecule has 6 heteroatoms. The summed E-state index contributed by atoms with van der Waals surface area (Å²) in [5, 5.41) is 18.7. The van der Waals surface area contributed by atoms with Crippen LogP contribution in [0.2, 0.25) is 0 Å². The Bertz CT molecular complexity index is 529. The zero-order valence-electron chi connectivity index (χ0n) is 9.75. The van der Waals surface area contributed by atoms with Crippen molar-refractivity contribution in [2.45, 2.75) is 25.0 Å². The molecule has 1 saturated heterocycles. The van der Waals surface area contributed by atoms with E-state index >= 15 is 0 Å². The summed E-state index contributed by atoms with van der Waals surface area (Å²) in [7, 11) is 0. The Labute approximate surface area is 115 Å². The largest absolute Gasteiger partial charge is 0.499 e. The Morgan fingerprint density at radius 1 is 1.78 bits per heavy atom. The van der Waals surface area contributed by atoms with Gasteiger partial charge in [0.05, 0.1) is 11.8 Å². The minimum Gasteiger partial charge on any atom is -0.499 e. The van der Waals surface area contributed by atoms with E-state index in [1.165, 1.54) is 0 Å². The van der Waals surface area contributed by atoms with E-state index in [1.807, 2.05) is 6.92 Å². The number of hydrogen-bond acceptors (Lipinski definition) is 6. The lowest BCUT2D eigenvalue weighted by Crippen LogP contribution is -2.15. The minimum absolute atomic E-state index is 0.0680. The SMILES string of the molecule is CCC1CC2SC2=C1C(=O)C(C=NS)=C(O)C#N. The van der Waals surface area contributed by atoms with Crippen LogP contribution in [0.25, 0.3) is 0 Å². The zero-order chi connectivity index (χ0) is 13.3. The number of thiol groups is 1. The third kappa shape index (κ3) is 2.20. The van der Waals surface area contributed by atoms with Crippen molar-refractivity contribution in [2.75, 3.05) is 0 Å².